The summed E-state index contributed by atoms with van der Waals surface area (Å²) in [6.45, 7) is 4.75. The van der Waals surface area contributed by atoms with Gasteiger partial charge in [0.1, 0.15) is 0 Å². The number of hydrogen-bond donors (Lipinski definition) is 0. The van der Waals surface area contributed by atoms with Crippen LogP contribution < -0.4 is 9.80 Å². The van der Waals surface area contributed by atoms with E-state index in [1.807, 2.05) is 0 Å². The third-order valence-corrected chi connectivity index (χ3v) is 11.4. The molecule has 0 N–H and O–H groups in total. The number of hydrogen-bond acceptors (Lipinski definition) is 2. The van der Waals surface area contributed by atoms with E-state index in [1.165, 1.54) is 66.3 Å². The number of fused-ring (bicyclic) bond motifs is 5. The molecule has 0 radical (unpaired) electrons. The van der Waals surface area contributed by atoms with E-state index in [0.717, 1.165) is 22.7 Å². The minimum Gasteiger partial charge on any atom is -0.310 e. The number of nitrogens with zero attached hydrogens (tertiary/aromatic N) is 2. The number of rotatable bonds is 7. The molecule has 0 saturated carbocycles. The quantitative estimate of drug-likeness (QED) is 0.163. The predicted octanol–water partition coefficient (Wildman–Crippen LogP) is 14.9. The topological polar surface area (TPSA) is 6.48 Å². The zero-order valence-electron chi connectivity index (χ0n) is 31.0. The molecule has 0 unspecified atom stereocenters. The van der Waals surface area contributed by atoms with Crippen LogP contribution in [-0.4, -0.2) is 0 Å². The fourth-order valence-electron chi connectivity index (χ4n) is 8.66. The summed E-state index contributed by atoms with van der Waals surface area (Å²) >= 11 is 0. The molecular weight excluding hydrogens is 665 g/mol. The van der Waals surface area contributed by atoms with Crippen LogP contribution in [0.15, 0.2) is 206 Å². The van der Waals surface area contributed by atoms with E-state index < -0.39 is 0 Å². The highest BCUT2D eigenvalue weighted by Gasteiger charge is 2.36. The van der Waals surface area contributed by atoms with Crippen LogP contribution in [0.2, 0.25) is 0 Å². The maximum Gasteiger partial charge on any atom is 0.0540 e. The van der Waals surface area contributed by atoms with Crippen LogP contribution in [0.4, 0.5) is 34.1 Å². The zero-order chi connectivity index (χ0) is 36.9. The molecule has 0 bridgehead atoms. The molecule has 0 amide bonds. The molecule has 1 aliphatic carbocycles. The molecule has 0 heterocycles. The Labute approximate surface area is 323 Å². The minimum atomic E-state index is -0.184. The maximum absolute atomic E-state index is 2.42. The van der Waals surface area contributed by atoms with Gasteiger partial charge in [0.15, 0.2) is 0 Å². The fraction of sp³-hybridized carbons (Fsp3) is 0.0566. The highest BCUT2D eigenvalue weighted by molar-refractivity contribution is 6.00. The Balaban J connectivity index is 1.02. The summed E-state index contributed by atoms with van der Waals surface area (Å²) in [6, 6.07) is 75.0. The van der Waals surface area contributed by atoms with Crippen LogP contribution in [0.3, 0.4) is 0 Å². The molecule has 9 aromatic rings. The first-order valence-corrected chi connectivity index (χ1v) is 19.1. The van der Waals surface area contributed by atoms with Crippen LogP contribution in [0.5, 0.6) is 0 Å². The van der Waals surface area contributed by atoms with Gasteiger partial charge in [-0.1, -0.05) is 153 Å². The van der Waals surface area contributed by atoms with Gasteiger partial charge in [0.2, 0.25) is 0 Å². The average Bonchev–Trinajstić information content (AvgIpc) is 3.47. The van der Waals surface area contributed by atoms with Crippen LogP contribution in [0.25, 0.3) is 43.8 Å². The first kappa shape index (κ1) is 32.7. The molecule has 2 nitrogen and oxygen atoms in total. The molecule has 0 spiro atoms. The second-order valence-electron chi connectivity index (χ2n) is 15.0. The first-order valence-electron chi connectivity index (χ1n) is 19.1. The monoisotopic (exact) mass is 704 g/mol. The lowest BCUT2D eigenvalue weighted by atomic mass is 9.81. The van der Waals surface area contributed by atoms with Gasteiger partial charge in [0, 0.05) is 38.9 Å². The average molecular weight is 705 g/mol. The number of benzene rings is 9. The van der Waals surface area contributed by atoms with Crippen LogP contribution >= 0.6 is 0 Å². The van der Waals surface area contributed by atoms with E-state index in [2.05, 4.69) is 230 Å². The van der Waals surface area contributed by atoms with Crippen LogP contribution in [0.1, 0.15) is 25.0 Å². The number of anilines is 6. The smallest absolute Gasteiger partial charge is 0.0540 e. The molecule has 1 aliphatic rings. The molecule has 55 heavy (non-hydrogen) atoms. The van der Waals surface area contributed by atoms with Crippen molar-refractivity contribution >= 4 is 55.7 Å². The third-order valence-electron chi connectivity index (χ3n) is 11.4. The van der Waals surface area contributed by atoms with Crippen molar-refractivity contribution in [1.82, 2.24) is 0 Å². The molecule has 0 fully saturated rings. The molecular formula is C53H40N2. The first-order chi connectivity index (χ1) is 27.0. The normalized spacial score (nSPS) is 12.7. The van der Waals surface area contributed by atoms with Crippen molar-refractivity contribution < 1.29 is 0 Å². The van der Waals surface area contributed by atoms with Gasteiger partial charge in [0.25, 0.3) is 0 Å². The SMILES string of the molecule is CC1(C)c2cc(-c3ccc(N(c4ccccc4)c4cccc5ccccc45)cc3)ccc2-c2ccc(N(c3ccccc3)c3cccc4ccccc34)cc21. The second-order valence-corrected chi connectivity index (χ2v) is 15.0. The summed E-state index contributed by atoms with van der Waals surface area (Å²) in [6.07, 6.45) is 0. The van der Waals surface area contributed by atoms with Gasteiger partial charge < -0.3 is 9.80 Å². The Kier molecular flexibility index (Phi) is 7.85. The van der Waals surface area contributed by atoms with Crippen LogP contribution in [0, 0.1) is 0 Å². The van der Waals surface area contributed by atoms with Gasteiger partial charge >= 0.3 is 0 Å². The predicted molar refractivity (Wildman–Crippen MR) is 234 cm³/mol. The van der Waals surface area contributed by atoms with Gasteiger partial charge in [-0.25, -0.2) is 0 Å². The Morgan fingerprint density at radius 1 is 0.327 bits per heavy atom. The molecule has 10 rings (SSSR count). The van der Waals surface area contributed by atoms with E-state index in [1.54, 1.807) is 0 Å². The zero-order valence-corrected chi connectivity index (χ0v) is 31.0. The molecule has 0 aliphatic heterocycles. The van der Waals surface area contributed by atoms with Crippen molar-refractivity contribution in [3.05, 3.63) is 217 Å². The standard InChI is InChI=1S/C53H40N2/c1-53(2)49-35-40(37-27-30-43(31-28-37)54(41-19-5-3-6-20-41)51-25-13-17-38-15-9-11-23-45(38)51)29-33-47(49)48-34-32-44(36-50(48)53)55(42-21-7-4-8-22-42)52-26-14-18-39-16-10-12-24-46(39)52/h3-36H,1-2H3. The van der Waals surface area contributed by atoms with Gasteiger partial charge in [-0.05, 0) is 111 Å². The highest BCUT2D eigenvalue weighted by Crippen LogP contribution is 2.52. The van der Waals surface area contributed by atoms with E-state index in [0.29, 0.717) is 0 Å². The van der Waals surface area contributed by atoms with Crippen molar-refractivity contribution in [3.63, 3.8) is 0 Å². The van der Waals surface area contributed by atoms with E-state index in [-0.39, 0.29) is 5.41 Å². The fourth-order valence-corrected chi connectivity index (χ4v) is 8.66. The van der Waals surface area contributed by atoms with Gasteiger partial charge in [-0.15, -0.1) is 0 Å². The van der Waals surface area contributed by atoms with Crippen molar-refractivity contribution in [2.45, 2.75) is 19.3 Å². The second kappa shape index (κ2) is 13.2. The van der Waals surface area contributed by atoms with E-state index >= 15 is 0 Å². The highest BCUT2D eigenvalue weighted by atomic mass is 15.1. The summed E-state index contributed by atoms with van der Waals surface area (Å²) in [4.78, 5) is 4.77. The molecule has 0 atom stereocenters. The lowest BCUT2D eigenvalue weighted by Gasteiger charge is -2.29. The molecule has 2 heteroatoms. The minimum absolute atomic E-state index is 0.184. The summed E-state index contributed by atoms with van der Waals surface area (Å²) in [5.41, 5.74) is 14.5. The van der Waals surface area contributed by atoms with Gasteiger partial charge in [-0.2, -0.15) is 0 Å². The molecule has 0 saturated heterocycles. The summed E-state index contributed by atoms with van der Waals surface area (Å²) in [5.74, 6) is 0. The Morgan fingerprint density at radius 3 is 1.33 bits per heavy atom. The van der Waals surface area contributed by atoms with Crippen LogP contribution in [-0.2, 0) is 5.41 Å². The van der Waals surface area contributed by atoms with Crippen molar-refractivity contribution in [2.75, 3.05) is 9.80 Å². The summed E-state index contributed by atoms with van der Waals surface area (Å²) < 4.78 is 0. The summed E-state index contributed by atoms with van der Waals surface area (Å²) in [7, 11) is 0. The molecule has 9 aromatic carbocycles. The summed E-state index contributed by atoms with van der Waals surface area (Å²) in [5, 5.41) is 4.92. The Hall–Kier alpha value is -6.90. The third kappa shape index (κ3) is 5.57. The Bertz CT molecular complexity index is 2830. The Morgan fingerprint density at radius 2 is 0.745 bits per heavy atom. The van der Waals surface area contributed by atoms with Crippen molar-refractivity contribution in [1.29, 1.82) is 0 Å². The lowest BCUT2D eigenvalue weighted by molar-refractivity contribution is 0.660. The lowest BCUT2D eigenvalue weighted by Crippen LogP contribution is -2.16. The van der Waals surface area contributed by atoms with E-state index in [9.17, 15) is 0 Å². The largest absolute Gasteiger partial charge is 0.310 e. The maximum atomic E-state index is 2.42. The van der Waals surface area contributed by atoms with E-state index in [4.69, 9.17) is 0 Å². The van der Waals surface area contributed by atoms with Gasteiger partial charge in [-0.3, -0.25) is 0 Å². The number of para-hydroxylation sites is 2. The molecule has 0 aromatic heterocycles. The van der Waals surface area contributed by atoms with Gasteiger partial charge in [0.05, 0.1) is 11.4 Å². The van der Waals surface area contributed by atoms with Crippen molar-refractivity contribution in [3.8, 4) is 22.3 Å². The molecule has 262 valence electrons. The van der Waals surface area contributed by atoms with Crippen molar-refractivity contribution in [2.24, 2.45) is 0 Å².